The third-order valence-corrected chi connectivity index (χ3v) is 4.71. The van der Waals surface area contributed by atoms with Crippen molar-refractivity contribution in [2.45, 2.75) is 32.1 Å². The van der Waals surface area contributed by atoms with Gasteiger partial charge in [0.15, 0.2) is 5.96 Å². The quantitative estimate of drug-likeness (QED) is 0.610. The molecule has 5 nitrogen and oxygen atoms in total. The summed E-state index contributed by atoms with van der Waals surface area (Å²) in [6.07, 6.45) is 7.34. The summed E-state index contributed by atoms with van der Waals surface area (Å²) in [5.74, 6) is 2.92. The molecule has 1 saturated heterocycles. The molecule has 0 bridgehead atoms. The van der Waals surface area contributed by atoms with Crippen molar-refractivity contribution in [2.24, 2.45) is 4.99 Å². The number of nitrogens with zero attached hydrogens (tertiary/aromatic N) is 2. The molecule has 0 atom stereocenters. The summed E-state index contributed by atoms with van der Waals surface area (Å²) in [6.45, 7) is 3.81. The Kier molecular flexibility index (Phi) is 6.99. The smallest absolute Gasteiger partial charge is 0.193 e. The first-order valence-electron chi connectivity index (χ1n) is 9.54. The first-order chi connectivity index (χ1) is 12.8. The third-order valence-electron chi connectivity index (χ3n) is 4.71. The van der Waals surface area contributed by atoms with E-state index in [2.05, 4.69) is 22.3 Å². The van der Waals surface area contributed by atoms with Gasteiger partial charge in [0.1, 0.15) is 11.5 Å². The van der Waals surface area contributed by atoms with Crippen molar-refractivity contribution in [1.29, 1.82) is 0 Å². The summed E-state index contributed by atoms with van der Waals surface area (Å²) < 4.78 is 10.6. The van der Waals surface area contributed by atoms with Gasteiger partial charge in [-0.1, -0.05) is 12.1 Å². The van der Waals surface area contributed by atoms with Gasteiger partial charge in [0.25, 0.3) is 0 Å². The predicted octanol–water partition coefficient (Wildman–Crippen LogP) is 3.50. The molecule has 0 amide bonds. The Morgan fingerprint density at radius 2 is 1.92 bits per heavy atom. The van der Waals surface area contributed by atoms with Gasteiger partial charge in [-0.05, 0) is 55.5 Å². The van der Waals surface area contributed by atoms with Crippen molar-refractivity contribution in [3.05, 3.63) is 54.0 Å². The van der Waals surface area contributed by atoms with E-state index in [0.717, 1.165) is 56.5 Å². The van der Waals surface area contributed by atoms with E-state index in [0.29, 0.717) is 0 Å². The zero-order valence-electron chi connectivity index (χ0n) is 15.6. The van der Waals surface area contributed by atoms with E-state index in [9.17, 15) is 0 Å². The average Bonchev–Trinajstić information content (AvgIpc) is 3.21. The lowest BCUT2D eigenvalue weighted by molar-refractivity contribution is 0.331. The van der Waals surface area contributed by atoms with Crippen LogP contribution in [0, 0.1) is 0 Å². The maximum absolute atomic E-state index is 5.41. The Balaban J connectivity index is 1.53. The van der Waals surface area contributed by atoms with Crippen LogP contribution in [0.2, 0.25) is 0 Å². The summed E-state index contributed by atoms with van der Waals surface area (Å²) >= 11 is 0. The van der Waals surface area contributed by atoms with Gasteiger partial charge < -0.3 is 19.4 Å². The molecule has 5 heteroatoms. The molecule has 1 N–H and O–H groups in total. The highest BCUT2D eigenvalue weighted by atomic mass is 16.5. The number of likely N-dealkylation sites (tertiary alicyclic amines) is 1. The Labute approximate surface area is 156 Å². The van der Waals surface area contributed by atoms with Crippen LogP contribution < -0.4 is 10.1 Å². The van der Waals surface area contributed by atoms with Crippen molar-refractivity contribution in [3.63, 3.8) is 0 Å². The van der Waals surface area contributed by atoms with Gasteiger partial charge in [0, 0.05) is 32.6 Å². The van der Waals surface area contributed by atoms with Crippen molar-refractivity contribution in [3.8, 4) is 5.75 Å². The van der Waals surface area contributed by atoms with E-state index in [1.165, 1.54) is 24.8 Å². The van der Waals surface area contributed by atoms with Crippen LogP contribution in [0.4, 0.5) is 0 Å². The Hall–Kier alpha value is -2.43. The van der Waals surface area contributed by atoms with Crippen LogP contribution in [0.5, 0.6) is 5.75 Å². The number of guanidine groups is 1. The zero-order chi connectivity index (χ0) is 18.0. The second-order valence-corrected chi connectivity index (χ2v) is 6.61. The van der Waals surface area contributed by atoms with E-state index < -0.39 is 0 Å². The molecule has 1 fully saturated rings. The molecule has 3 rings (SSSR count). The average molecular weight is 355 g/mol. The van der Waals surface area contributed by atoms with Gasteiger partial charge in [-0.2, -0.15) is 0 Å². The fourth-order valence-corrected chi connectivity index (χ4v) is 3.21. The van der Waals surface area contributed by atoms with E-state index in [4.69, 9.17) is 14.1 Å². The minimum absolute atomic E-state index is 0.745. The summed E-state index contributed by atoms with van der Waals surface area (Å²) in [7, 11) is 1.70. The minimum atomic E-state index is 0.745. The molecule has 0 unspecified atom stereocenters. The molecule has 1 aliphatic rings. The highest BCUT2D eigenvalue weighted by Gasteiger charge is 2.14. The molecule has 2 heterocycles. The van der Waals surface area contributed by atoms with Crippen LogP contribution in [-0.4, -0.2) is 44.1 Å². The maximum Gasteiger partial charge on any atom is 0.193 e. The second-order valence-electron chi connectivity index (χ2n) is 6.61. The molecule has 0 spiro atoms. The molecule has 140 valence electrons. The number of hydrogen-bond acceptors (Lipinski definition) is 3. The number of ether oxygens (including phenoxy) is 1. The molecular formula is C21H29N3O2. The standard InChI is InChI=1S/C21H29N3O2/c1-25-19-9-7-18(8-10-19)11-13-22-21(24-15-3-2-4-16-24)23-14-12-20-6-5-17-26-20/h5-10,17H,2-4,11-16H2,1H3,(H,22,23). The summed E-state index contributed by atoms with van der Waals surface area (Å²) in [6, 6.07) is 12.2. The number of hydrogen-bond donors (Lipinski definition) is 1. The minimum Gasteiger partial charge on any atom is -0.497 e. The number of piperidine rings is 1. The normalized spacial score (nSPS) is 15.1. The van der Waals surface area contributed by atoms with E-state index in [1.807, 2.05) is 24.3 Å². The molecule has 0 radical (unpaired) electrons. The zero-order valence-corrected chi connectivity index (χ0v) is 15.6. The monoisotopic (exact) mass is 355 g/mol. The number of methoxy groups -OCH3 is 1. The number of furan rings is 1. The van der Waals surface area contributed by atoms with Crippen molar-refractivity contribution in [2.75, 3.05) is 33.3 Å². The largest absolute Gasteiger partial charge is 0.497 e. The van der Waals surface area contributed by atoms with Crippen LogP contribution >= 0.6 is 0 Å². The number of nitrogens with one attached hydrogen (secondary N) is 1. The Morgan fingerprint density at radius 1 is 1.12 bits per heavy atom. The number of aliphatic imine (C=N–C) groups is 1. The molecule has 26 heavy (non-hydrogen) atoms. The van der Waals surface area contributed by atoms with Crippen molar-refractivity contribution >= 4 is 5.96 Å². The van der Waals surface area contributed by atoms with Crippen LogP contribution in [0.3, 0.4) is 0 Å². The topological polar surface area (TPSA) is 50.0 Å². The van der Waals surface area contributed by atoms with E-state index >= 15 is 0 Å². The highest BCUT2D eigenvalue weighted by Crippen LogP contribution is 2.12. The van der Waals surface area contributed by atoms with Gasteiger partial charge in [0.05, 0.1) is 13.4 Å². The van der Waals surface area contributed by atoms with Crippen LogP contribution in [0.25, 0.3) is 0 Å². The SMILES string of the molecule is COc1ccc(CCNC(=NCCc2ccco2)N2CCCCC2)cc1. The number of benzene rings is 1. The molecule has 2 aromatic rings. The summed E-state index contributed by atoms with van der Waals surface area (Å²) in [4.78, 5) is 7.22. The third kappa shape index (κ3) is 5.55. The lowest BCUT2D eigenvalue weighted by Gasteiger charge is -2.30. The fourth-order valence-electron chi connectivity index (χ4n) is 3.21. The van der Waals surface area contributed by atoms with Gasteiger partial charge in [-0.15, -0.1) is 0 Å². The number of rotatable bonds is 7. The van der Waals surface area contributed by atoms with Gasteiger partial charge in [-0.3, -0.25) is 4.99 Å². The van der Waals surface area contributed by atoms with Crippen LogP contribution in [0.1, 0.15) is 30.6 Å². The first-order valence-corrected chi connectivity index (χ1v) is 9.54. The summed E-state index contributed by atoms with van der Waals surface area (Å²) in [5, 5.41) is 3.56. The molecular weight excluding hydrogens is 326 g/mol. The lowest BCUT2D eigenvalue weighted by atomic mass is 10.1. The second kappa shape index (κ2) is 9.90. The Bertz CT molecular complexity index is 659. The maximum atomic E-state index is 5.41. The molecule has 0 saturated carbocycles. The first kappa shape index (κ1) is 18.4. The molecule has 1 aromatic carbocycles. The Morgan fingerprint density at radius 3 is 2.62 bits per heavy atom. The molecule has 1 aromatic heterocycles. The van der Waals surface area contributed by atoms with E-state index in [-0.39, 0.29) is 0 Å². The van der Waals surface area contributed by atoms with Gasteiger partial charge in [0.2, 0.25) is 0 Å². The molecule has 0 aliphatic carbocycles. The summed E-state index contributed by atoms with van der Waals surface area (Å²) in [5.41, 5.74) is 1.30. The van der Waals surface area contributed by atoms with Crippen LogP contribution in [0.15, 0.2) is 52.1 Å². The van der Waals surface area contributed by atoms with Gasteiger partial charge >= 0.3 is 0 Å². The van der Waals surface area contributed by atoms with Crippen molar-refractivity contribution < 1.29 is 9.15 Å². The highest BCUT2D eigenvalue weighted by molar-refractivity contribution is 5.80. The fraction of sp³-hybridized carbons (Fsp3) is 0.476. The van der Waals surface area contributed by atoms with Crippen LogP contribution in [-0.2, 0) is 12.8 Å². The van der Waals surface area contributed by atoms with Crippen molar-refractivity contribution in [1.82, 2.24) is 10.2 Å². The van der Waals surface area contributed by atoms with E-state index in [1.54, 1.807) is 13.4 Å². The van der Waals surface area contributed by atoms with Gasteiger partial charge in [-0.25, -0.2) is 0 Å². The molecule has 1 aliphatic heterocycles. The predicted molar refractivity (Wildman–Crippen MR) is 105 cm³/mol. The lowest BCUT2D eigenvalue weighted by Crippen LogP contribution is -2.45.